The van der Waals surface area contributed by atoms with Crippen LogP contribution in [-0.4, -0.2) is 60.4 Å². The summed E-state index contributed by atoms with van der Waals surface area (Å²) >= 11 is 0. The van der Waals surface area contributed by atoms with Crippen LogP contribution in [0.15, 0.2) is 11.1 Å². The number of hydrogen-bond acceptors (Lipinski definition) is 3. The number of rotatable bonds is 10. The van der Waals surface area contributed by atoms with Gasteiger partial charge in [-0.3, -0.25) is 9.67 Å². The highest BCUT2D eigenvalue weighted by molar-refractivity contribution is 5.79. The van der Waals surface area contributed by atoms with E-state index >= 15 is 0 Å². The smallest absolute Gasteiger partial charge is 0.191 e. The molecule has 2 N–H and O–H groups in total. The Morgan fingerprint density at radius 2 is 1.96 bits per heavy atom. The Morgan fingerprint density at radius 1 is 1.22 bits per heavy atom. The fourth-order valence-electron chi connectivity index (χ4n) is 2.63. The van der Waals surface area contributed by atoms with Crippen molar-refractivity contribution in [3.8, 4) is 0 Å². The van der Waals surface area contributed by atoms with E-state index in [1.807, 2.05) is 14.0 Å². The summed E-state index contributed by atoms with van der Waals surface area (Å²) in [6.07, 6.45) is 2.23. The molecular formula is C17H34N6. The molecule has 0 aliphatic rings. The van der Waals surface area contributed by atoms with Gasteiger partial charge in [-0.2, -0.15) is 5.10 Å². The van der Waals surface area contributed by atoms with Gasteiger partial charge in [0.1, 0.15) is 0 Å². The van der Waals surface area contributed by atoms with Gasteiger partial charge in [-0.15, -0.1) is 0 Å². The van der Waals surface area contributed by atoms with Crippen molar-refractivity contribution in [3.63, 3.8) is 0 Å². The molecule has 132 valence electrons. The quantitative estimate of drug-likeness (QED) is 0.392. The highest BCUT2D eigenvalue weighted by Gasteiger charge is 2.03. The SMILES string of the molecule is CCCN(CC)CCNC(=NC)NCCCn1nc(C)cc1C. The van der Waals surface area contributed by atoms with Gasteiger partial charge in [0.05, 0.1) is 5.69 Å². The molecule has 0 bridgehead atoms. The lowest BCUT2D eigenvalue weighted by Crippen LogP contribution is -2.42. The zero-order chi connectivity index (χ0) is 17.1. The zero-order valence-electron chi connectivity index (χ0n) is 15.5. The van der Waals surface area contributed by atoms with Gasteiger partial charge >= 0.3 is 0 Å². The molecule has 1 heterocycles. The van der Waals surface area contributed by atoms with Gasteiger partial charge in [0.2, 0.25) is 0 Å². The standard InChI is InChI=1S/C17H34N6/c1-6-11-22(7-2)13-10-20-17(18-5)19-9-8-12-23-16(4)14-15(3)21-23/h14H,6-13H2,1-5H3,(H2,18,19,20). The normalized spacial score (nSPS) is 12.0. The Kier molecular flexibility index (Phi) is 9.36. The highest BCUT2D eigenvalue weighted by atomic mass is 15.3. The van der Waals surface area contributed by atoms with Crippen molar-refractivity contribution in [2.24, 2.45) is 4.99 Å². The first-order valence-corrected chi connectivity index (χ1v) is 8.78. The van der Waals surface area contributed by atoms with Gasteiger partial charge < -0.3 is 15.5 Å². The molecule has 0 atom stereocenters. The molecule has 23 heavy (non-hydrogen) atoms. The molecule has 0 saturated heterocycles. The first kappa shape index (κ1) is 19.5. The predicted molar refractivity (Wildman–Crippen MR) is 98.1 cm³/mol. The minimum Gasteiger partial charge on any atom is -0.356 e. The van der Waals surface area contributed by atoms with Crippen LogP contribution >= 0.6 is 0 Å². The third-order valence-electron chi connectivity index (χ3n) is 3.87. The molecular weight excluding hydrogens is 288 g/mol. The molecule has 6 nitrogen and oxygen atoms in total. The van der Waals surface area contributed by atoms with Gasteiger partial charge in [-0.1, -0.05) is 13.8 Å². The fraction of sp³-hybridized carbons (Fsp3) is 0.765. The van der Waals surface area contributed by atoms with Crippen molar-refractivity contribution >= 4 is 5.96 Å². The van der Waals surface area contributed by atoms with E-state index in [0.717, 1.165) is 57.3 Å². The summed E-state index contributed by atoms with van der Waals surface area (Å²) in [7, 11) is 1.82. The lowest BCUT2D eigenvalue weighted by atomic mass is 10.4. The monoisotopic (exact) mass is 322 g/mol. The van der Waals surface area contributed by atoms with Gasteiger partial charge in [0.15, 0.2) is 5.96 Å². The minimum atomic E-state index is 0.880. The number of likely N-dealkylation sites (N-methyl/N-ethyl adjacent to an activating group) is 1. The van der Waals surface area contributed by atoms with Gasteiger partial charge in [0.25, 0.3) is 0 Å². The second-order valence-electron chi connectivity index (χ2n) is 5.86. The van der Waals surface area contributed by atoms with Crippen molar-refractivity contribution in [2.45, 2.75) is 47.1 Å². The maximum Gasteiger partial charge on any atom is 0.191 e. The van der Waals surface area contributed by atoms with E-state index in [0.29, 0.717) is 0 Å². The van der Waals surface area contributed by atoms with Crippen molar-refractivity contribution in [1.29, 1.82) is 0 Å². The number of aliphatic imine (C=N–C) groups is 1. The molecule has 0 saturated carbocycles. The van der Waals surface area contributed by atoms with Crippen LogP contribution in [0.4, 0.5) is 0 Å². The fourth-order valence-corrected chi connectivity index (χ4v) is 2.63. The van der Waals surface area contributed by atoms with Gasteiger partial charge in [0, 0.05) is 38.9 Å². The largest absolute Gasteiger partial charge is 0.356 e. The van der Waals surface area contributed by atoms with Crippen LogP contribution in [0.1, 0.15) is 38.1 Å². The maximum absolute atomic E-state index is 4.48. The van der Waals surface area contributed by atoms with Crippen molar-refractivity contribution < 1.29 is 0 Å². The summed E-state index contributed by atoms with van der Waals surface area (Å²) in [6.45, 7) is 14.6. The van der Waals surface area contributed by atoms with E-state index < -0.39 is 0 Å². The molecule has 1 rings (SSSR count). The molecule has 0 aromatic carbocycles. The minimum absolute atomic E-state index is 0.880. The van der Waals surface area contributed by atoms with E-state index in [-0.39, 0.29) is 0 Å². The third kappa shape index (κ3) is 7.50. The molecule has 0 unspecified atom stereocenters. The molecule has 1 aromatic heterocycles. The lowest BCUT2D eigenvalue weighted by molar-refractivity contribution is 0.293. The van der Waals surface area contributed by atoms with E-state index in [4.69, 9.17) is 0 Å². The first-order chi connectivity index (χ1) is 11.1. The number of nitrogens with one attached hydrogen (secondary N) is 2. The average Bonchev–Trinajstić information content (AvgIpc) is 2.86. The molecule has 0 radical (unpaired) electrons. The summed E-state index contributed by atoms with van der Waals surface area (Å²) in [5.41, 5.74) is 2.31. The second kappa shape index (κ2) is 11.0. The summed E-state index contributed by atoms with van der Waals surface area (Å²) in [5, 5.41) is 11.2. The molecule has 0 aliphatic carbocycles. The van der Waals surface area contributed by atoms with E-state index in [1.165, 1.54) is 12.1 Å². The maximum atomic E-state index is 4.48. The summed E-state index contributed by atoms with van der Waals surface area (Å²) < 4.78 is 2.07. The second-order valence-corrected chi connectivity index (χ2v) is 5.86. The van der Waals surface area contributed by atoms with Crippen LogP contribution in [-0.2, 0) is 6.54 Å². The topological polar surface area (TPSA) is 57.5 Å². The summed E-state index contributed by atoms with van der Waals surface area (Å²) in [5.74, 6) is 0.880. The Balaban J connectivity index is 2.20. The average molecular weight is 323 g/mol. The molecule has 0 spiro atoms. The number of hydrogen-bond donors (Lipinski definition) is 2. The summed E-state index contributed by atoms with van der Waals surface area (Å²) in [6, 6.07) is 2.11. The van der Waals surface area contributed by atoms with Crippen molar-refractivity contribution in [1.82, 2.24) is 25.3 Å². The predicted octanol–water partition coefficient (Wildman–Crippen LogP) is 1.79. The van der Waals surface area contributed by atoms with Crippen LogP contribution in [0.3, 0.4) is 0 Å². The molecule has 0 fully saturated rings. The molecule has 1 aromatic rings. The van der Waals surface area contributed by atoms with E-state index in [1.54, 1.807) is 0 Å². The number of guanidine groups is 1. The zero-order valence-corrected chi connectivity index (χ0v) is 15.5. The Labute approximate surface area is 141 Å². The van der Waals surface area contributed by atoms with Gasteiger partial charge in [-0.25, -0.2) is 0 Å². The van der Waals surface area contributed by atoms with Crippen molar-refractivity contribution in [3.05, 3.63) is 17.5 Å². The van der Waals surface area contributed by atoms with Crippen LogP contribution in [0, 0.1) is 13.8 Å². The highest BCUT2D eigenvalue weighted by Crippen LogP contribution is 2.02. The number of aromatic nitrogens is 2. The lowest BCUT2D eigenvalue weighted by Gasteiger charge is -2.20. The van der Waals surface area contributed by atoms with Gasteiger partial charge in [-0.05, 0) is 45.8 Å². The van der Waals surface area contributed by atoms with E-state index in [2.05, 4.69) is 57.1 Å². The molecule has 0 amide bonds. The summed E-state index contributed by atoms with van der Waals surface area (Å²) in [4.78, 5) is 6.72. The van der Waals surface area contributed by atoms with Crippen LogP contribution in [0.5, 0.6) is 0 Å². The Bertz CT molecular complexity index is 466. The third-order valence-corrected chi connectivity index (χ3v) is 3.87. The molecule has 6 heteroatoms. The van der Waals surface area contributed by atoms with Crippen LogP contribution in [0.25, 0.3) is 0 Å². The molecule has 0 aliphatic heterocycles. The first-order valence-electron chi connectivity index (χ1n) is 8.78. The number of nitrogens with zero attached hydrogens (tertiary/aromatic N) is 4. The van der Waals surface area contributed by atoms with Crippen molar-refractivity contribution in [2.75, 3.05) is 39.8 Å². The Morgan fingerprint density at radius 3 is 2.52 bits per heavy atom. The van der Waals surface area contributed by atoms with E-state index in [9.17, 15) is 0 Å². The Hall–Kier alpha value is -1.56. The van der Waals surface area contributed by atoms with Crippen LogP contribution < -0.4 is 10.6 Å². The number of aryl methyl sites for hydroxylation is 3. The van der Waals surface area contributed by atoms with Crippen LogP contribution in [0.2, 0.25) is 0 Å².